The molecule has 1 aliphatic heterocycles. The largest absolute Gasteiger partial charge is 0.376 e. The molecule has 0 radical (unpaired) electrons. The summed E-state index contributed by atoms with van der Waals surface area (Å²) in [6, 6.07) is 7.05. The maximum Gasteiger partial charge on any atom is 0.269 e. The molecule has 138 valence electrons. The van der Waals surface area contributed by atoms with Crippen LogP contribution in [-0.4, -0.2) is 36.2 Å². The Morgan fingerprint density at radius 3 is 2.60 bits per heavy atom. The third-order valence-electron chi connectivity index (χ3n) is 4.26. The zero-order chi connectivity index (χ0) is 16.8. The molecule has 1 heterocycles. The van der Waals surface area contributed by atoms with Crippen molar-refractivity contribution in [3.8, 4) is 0 Å². The third kappa shape index (κ3) is 6.77. The van der Waals surface area contributed by atoms with Gasteiger partial charge in [-0.2, -0.15) is 0 Å². The highest BCUT2D eigenvalue weighted by molar-refractivity contribution is 14.0. The van der Waals surface area contributed by atoms with Crippen molar-refractivity contribution in [3.63, 3.8) is 0 Å². The van der Waals surface area contributed by atoms with Crippen molar-refractivity contribution >= 4 is 35.6 Å². The topological polar surface area (TPSA) is 88.8 Å². The third-order valence-corrected chi connectivity index (χ3v) is 4.26. The monoisotopic (exact) mass is 460 g/mol. The Morgan fingerprint density at radius 1 is 1.24 bits per heavy atom. The van der Waals surface area contributed by atoms with Crippen LogP contribution in [0.3, 0.4) is 0 Å². The van der Waals surface area contributed by atoms with E-state index in [1.54, 1.807) is 12.1 Å². The number of nitro benzene ring substituents is 1. The molecule has 0 aromatic heterocycles. The van der Waals surface area contributed by atoms with Gasteiger partial charge in [0.25, 0.3) is 5.69 Å². The van der Waals surface area contributed by atoms with Gasteiger partial charge in [0.2, 0.25) is 0 Å². The average Bonchev–Trinajstić information content (AvgIpc) is 3.42. The summed E-state index contributed by atoms with van der Waals surface area (Å²) in [4.78, 5) is 14.9. The minimum atomic E-state index is -0.390. The molecule has 1 aromatic rings. The van der Waals surface area contributed by atoms with Crippen LogP contribution in [0.1, 0.15) is 37.7 Å². The molecular weight excluding hydrogens is 435 g/mol. The second-order valence-electron chi connectivity index (χ2n) is 6.38. The Hall–Kier alpha value is -1.42. The molecule has 8 heteroatoms. The van der Waals surface area contributed by atoms with Gasteiger partial charge in [0, 0.05) is 31.3 Å². The zero-order valence-corrected chi connectivity index (χ0v) is 16.5. The van der Waals surface area contributed by atoms with E-state index in [1.807, 2.05) is 0 Å². The lowest BCUT2D eigenvalue weighted by molar-refractivity contribution is -0.384. The zero-order valence-electron chi connectivity index (χ0n) is 14.1. The molecule has 25 heavy (non-hydrogen) atoms. The number of benzene rings is 1. The smallest absolute Gasteiger partial charge is 0.269 e. The molecule has 0 amide bonds. The van der Waals surface area contributed by atoms with Crippen molar-refractivity contribution in [3.05, 3.63) is 39.9 Å². The molecule has 1 aliphatic carbocycles. The highest BCUT2D eigenvalue weighted by atomic mass is 127. The summed E-state index contributed by atoms with van der Waals surface area (Å²) in [7, 11) is 0. The van der Waals surface area contributed by atoms with Gasteiger partial charge in [0.15, 0.2) is 5.96 Å². The van der Waals surface area contributed by atoms with Gasteiger partial charge in [-0.1, -0.05) is 12.1 Å². The lowest BCUT2D eigenvalue weighted by Gasteiger charge is -2.23. The highest BCUT2D eigenvalue weighted by Gasteiger charge is 2.23. The van der Waals surface area contributed by atoms with Crippen molar-refractivity contribution in [2.24, 2.45) is 4.99 Å². The van der Waals surface area contributed by atoms with E-state index in [0.29, 0.717) is 12.6 Å². The maximum atomic E-state index is 10.7. The first-order valence-corrected chi connectivity index (χ1v) is 8.60. The molecule has 1 atom stereocenters. The van der Waals surface area contributed by atoms with Crippen molar-refractivity contribution in [1.82, 2.24) is 10.6 Å². The number of ether oxygens (including phenoxy) is 1. The number of hydrogen-bond donors (Lipinski definition) is 2. The minimum Gasteiger partial charge on any atom is -0.376 e. The van der Waals surface area contributed by atoms with Crippen LogP contribution in [0.25, 0.3) is 0 Å². The van der Waals surface area contributed by atoms with Crippen LogP contribution in [-0.2, 0) is 11.3 Å². The fourth-order valence-corrected chi connectivity index (χ4v) is 2.65. The van der Waals surface area contributed by atoms with Crippen LogP contribution in [0.5, 0.6) is 0 Å². The molecule has 1 unspecified atom stereocenters. The molecule has 3 rings (SSSR count). The quantitative estimate of drug-likeness (QED) is 0.224. The van der Waals surface area contributed by atoms with Crippen LogP contribution in [0.15, 0.2) is 29.3 Å². The number of nitrogens with zero attached hydrogens (tertiary/aromatic N) is 2. The number of nitro groups is 1. The van der Waals surface area contributed by atoms with E-state index in [-0.39, 0.29) is 35.8 Å². The molecule has 2 aliphatic rings. The minimum absolute atomic E-state index is 0. The van der Waals surface area contributed by atoms with E-state index in [9.17, 15) is 10.1 Å². The van der Waals surface area contributed by atoms with E-state index in [2.05, 4.69) is 15.6 Å². The predicted octanol–water partition coefficient (Wildman–Crippen LogP) is 2.98. The van der Waals surface area contributed by atoms with E-state index in [4.69, 9.17) is 4.74 Å². The molecule has 0 spiro atoms. The molecule has 7 nitrogen and oxygen atoms in total. The van der Waals surface area contributed by atoms with E-state index < -0.39 is 4.92 Å². The van der Waals surface area contributed by atoms with E-state index >= 15 is 0 Å². The summed E-state index contributed by atoms with van der Waals surface area (Å²) >= 11 is 0. The van der Waals surface area contributed by atoms with Crippen LogP contribution in [0.2, 0.25) is 0 Å². The Bertz CT molecular complexity index is 584. The first-order chi connectivity index (χ1) is 11.7. The van der Waals surface area contributed by atoms with Crippen LogP contribution < -0.4 is 10.6 Å². The average molecular weight is 460 g/mol. The number of guanidine groups is 1. The predicted molar refractivity (Wildman–Crippen MR) is 107 cm³/mol. The summed E-state index contributed by atoms with van der Waals surface area (Å²) in [6.07, 6.45) is 6.07. The van der Waals surface area contributed by atoms with Crippen molar-refractivity contribution in [2.45, 2.75) is 50.8 Å². The van der Waals surface area contributed by atoms with Crippen LogP contribution in [0, 0.1) is 10.1 Å². The summed E-state index contributed by atoms with van der Waals surface area (Å²) in [5, 5.41) is 17.5. The van der Waals surface area contributed by atoms with Gasteiger partial charge in [-0.3, -0.25) is 10.1 Å². The van der Waals surface area contributed by atoms with Crippen molar-refractivity contribution in [2.75, 3.05) is 13.2 Å². The second kappa shape index (κ2) is 9.91. The molecule has 2 fully saturated rings. The van der Waals surface area contributed by atoms with Crippen molar-refractivity contribution in [1.29, 1.82) is 0 Å². The lowest BCUT2D eigenvalue weighted by atomic mass is 10.1. The SMILES string of the molecule is I.O=[N+]([O-])c1ccc(CN=C(NCC2CCCCO2)NC2CC2)cc1. The standard InChI is InChI=1S/C17H24N4O3.HI/c22-21(23)15-8-4-13(5-9-15)11-18-17(20-14-6-7-14)19-12-16-3-1-2-10-24-16;/h4-5,8-9,14,16H,1-3,6-7,10-12H2,(H2,18,19,20);1H. The van der Waals surface area contributed by atoms with E-state index in [0.717, 1.165) is 37.5 Å². The molecule has 1 aromatic carbocycles. The number of aliphatic imine (C=N–C) groups is 1. The molecule has 1 saturated heterocycles. The van der Waals surface area contributed by atoms with Gasteiger partial charge in [0.1, 0.15) is 0 Å². The Balaban J connectivity index is 0.00000225. The fraction of sp³-hybridized carbons (Fsp3) is 0.588. The van der Waals surface area contributed by atoms with Gasteiger partial charge in [-0.05, 0) is 37.7 Å². The van der Waals surface area contributed by atoms with Gasteiger partial charge >= 0.3 is 0 Å². The summed E-state index contributed by atoms with van der Waals surface area (Å²) in [5.74, 6) is 0.796. The Morgan fingerprint density at radius 2 is 2.00 bits per heavy atom. The first-order valence-electron chi connectivity index (χ1n) is 8.60. The van der Waals surface area contributed by atoms with Gasteiger partial charge < -0.3 is 15.4 Å². The number of non-ortho nitro benzene ring substituents is 1. The number of hydrogen-bond acceptors (Lipinski definition) is 4. The van der Waals surface area contributed by atoms with Crippen LogP contribution in [0.4, 0.5) is 5.69 Å². The number of halogens is 1. The van der Waals surface area contributed by atoms with Crippen molar-refractivity contribution < 1.29 is 9.66 Å². The maximum absolute atomic E-state index is 10.7. The summed E-state index contributed by atoms with van der Waals surface area (Å²) in [5.41, 5.74) is 1.05. The van der Waals surface area contributed by atoms with Crippen LogP contribution >= 0.6 is 24.0 Å². The lowest BCUT2D eigenvalue weighted by Crippen LogP contribution is -2.43. The number of nitrogens with one attached hydrogen (secondary N) is 2. The number of rotatable bonds is 6. The second-order valence-corrected chi connectivity index (χ2v) is 6.38. The highest BCUT2D eigenvalue weighted by Crippen LogP contribution is 2.19. The molecular formula is C17H25IN4O3. The van der Waals surface area contributed by atoms with Gasteiger partial charge in [-0.25, -0.2) is 4.99 Å². The normalized spacial score (nSPS) is 20.5. The van der Waals surface area contributed by atoms with Gasteiger partial charge in [-0.15, -0.1) is 24.0 Å². The van der Waals surface area contributed by atoms with E-state index in [1.165, 1.54) is 31.4 Å². The Kier molecular flexibility index (Phi) is 7.89. The fourth-order valence-electron chi connectivity index (χ4n) is 2.65. The summed E-state index contributed by atoms with van der Waals surface area (Å²) < 4.78 is 5.74. The Labute approximate surface area is 164 Å². The molecule has 2 N–H and O–H groups in total. The van der Waals surface area contributed by atoms with Gasteiger partial charge in [0.05, 0.1) is 17.6 Å². The first kappa shape index (κ1) is 19.9. The molecule has 0 bridgehead atoms. The molecule has 1 saturated carbocycles. The summed E-state index contributed by atoms with van der Waals surface area (Å²) in [6.45, 7) is 2.10.